The molecule has 0 bridgehead atoms. The summed E-state index contributed by atoms with van der Waals surface area (Å²) in [6, 6.07) is 8.79. The molecule has 1 aliphatic heterocycles. The fourth-order valence-corrected chi connectivity index (χ4v) is 4.01. The highest BCUT2D eigenvalue weighted by Crippen LogP contribution is 2.29. The predicted octanol–water partition coefficient (Wildman–Crippen LogP) is 0.993. The number of hydrogen-bond donors (Lipinski definition) is 1. The fraction of sp³-hybridized carbons (Fsp3) is 0.417. The third-order valence-corrected chi connectivity index (χ3v) is 4.99. The SMILES string of the molecule is N#Cc1ccc(C(N)C2CCS(=O)(=O)C2)cc1. The van der Waals surface area contributed by atoms with Crippen LogP contribution in [-0.2, 0) is 9.84 Å². The zero-order valence-corrected chi connectivity index (χ0v) is 10.2. The van der Waals surface area contributed by atoms with Crippen LogP contribution in [0.1, 0.15) is 23.6 Å². The second-order valence-electron chi connectivity index (χ2n) is 4.42. The van der Waals surface area contributed by atoms with E-state index in [1.165, 1.54) is 0 Å². The van der Waals surface area contributed by atoms with Gasteiger partial charge in [0.05, 0.1) is 23.1 Å². The monoisotopic (exact) mass is 250 g/mol. The molecule has 0 aromatic heterocycles. The minimum Gasteiger partial charge on any atom is -0.324 e. The molecule has 2 N–H and O–H groups in total. The van der Waals surface area contributed by atoms with Gasteiger partial charge in [-0.1, -0.05) is 12.1 Å². The van der Waals surface area contributed by atoms with Gasteiger partial charge in [0.1, 0.15) is 0 Å². The van der Waals surface area contributed by atoms with Crippen molar-refractivity contribution in [3.05, 3.63) is 35.4 Å². The molecule has 1 aliphatic rings. The lowest BCUT2D eigenvalue weighted by atomic mass is 9.93. The predicted molar refractivity (Wildman–Crippen MR) is 64.8 cm³/mol. The Kier molecular flexibility index (Phi) is 3.18. The van der Waals surface area contributed by atoms with Gasteiger partial charge in [-0.3, -0.25) is 0 Å². The summed E-state index contributed by atoms with van der Waals surface area (Å²) in [5.74, 6) is 0.406. The molecule has 2 atom stereocenters. The largest absolute Gasteiger partial charge is 0.324 e. The van der Waals surface area contributed by atoms with Crippen LogP contribution in [0.2, 0.25) is 0 Å². The van der Waals surface area contributed by atoms with Gasteiger partial charge in [0.15, 0.2) is 9.84 Å². The maximum Gasteiger partial charge on any atom is 0.150 e. The first-order valence-electron chi connectivity index (χ1n) is 5.48. The molecular formula is C12H14N2O2S. The zero-order valence-electron chi connectivity index (χ0n) is 9.33. The Morgan fingerprint density at radius 2 is 2.00 bits per heavy atom. The van der Waals surface area contributed by atoms with Gasteiger partial charge in [-0.05, 0) is 30.0 Å². The van der Waals surface area contributed by atoms with Crippen molar-refractivity contribution in [1.82, 2.24) is 0 Å². The minimum absolute atomic E-state index is 0.00654. The summed E-state index contributed by atoms with van der Waals surface area (Å²) in [5, 5.41) is 8.69. The first kappa shape index (κ1) is 12.1. The van der Waals surface area contributed by atoms with Crippen LogP contribution in [-0.4, -0.2) is 19.9 Å². The Morgan fingerprint density at radius 1 is 1.35 bits per heavy atom. The summed E-state index contributed by atoms with van der Waals surface area (Å²) < 4.78 is 22.8. The normalized spacial score (nSPS) is 24.1. The van der Waals surface area contributed by atoms with Crippen LogP contribution in [0.25, 0.3) is 0 Å². The smallest absolute Gasteiger partial charge is 0.150 e. The van der Waals surface area contributed by atoms with Crippen LogP contribution in [0.4, 0.5) is 0 Å². The van der Waals surface area contributed by atoms with Crippen LogP contribution in [0, 0.1) is 17.2 Å². The third kappa shape index (κ3) is 2.65. The maximum absolute atomic E-state index is 11.4. The van der Waals surface area contributed by atoms with Crippen molar-refractivity contribution in [1.29, 1.82) is 5.26 Å². The van der Waals surface area contributed by atoms with Crippen molar-refractivity contribution in [3.8, 4) is 6.07 Å². The first-order chi connectivity index (χ1) is 8.02. The number of sulfone groups is 1. The van der Waals surface area contributed by atoms with E-state index in [0.29, 0.717) is 12.0 Å². The quantitative estimate of drug-likeness (QED) is 0.848. The lowest BCUT2D eigenvalue weighted by molar-refractivity contribution is 0.480. The Morgan fingerprint density at radius 3 is 2.47 bits per heavy atom. The number of rotatable bonds is 2. The van der Waals surface area contributed by atoms with Crippen molar-refractivity contribution in [3.63, 3.8) is 0 Å². The molecule has 0 saturated carbocycles. The average molecular weight is 250 g/mol. The van der Waals surface area contributed by atoms with Gasteiger partial charge in [-0.2, -0.15) is 5.26 Å². The number of benzene rings is 1. The third-order valence-electron chi connectivity index (χ3n) is 3.20. The molecule has 17 heavy (non-hydrogen) atoms. The van der Waals surface area contributed by atoms with Crippen LogP contribution >= 0.6 is 0 Å². The molecule has 1 saturated heterocycles. The van der Waals surface area contributed by atoms with E-state index in [2.05, 4.69) is 0 Å². The van der Waals surface area contributed by atoms with Gasteiger partial charge in [0, 0.05) is 6.04 Å². The summed E-state index contributed by atoms with van der Waals surface area (Å²) in [6.45, 7) is 0. The van der Waals surface area contributed by atoms with Crippen molar-refractivity contribution in [2.24, 2.45) is 11.7 Å². The van der Waals surface area contributed by atoms with Crippen molar-refractivity contribution in [2.45, 2.75) is 12.5 Å². The van der Waals surface area contributed by atoms with Gasteiger partial charge in [0.2, 0.25) is 0 Å². The van der Waals surface area contributed by atoms with Crippen LogP contribution in [0.15, 0.2) is 24.3 Å². The zero-order chi connectivity index (χ0) is 12.5. The van der Waals surface area contributed by atoms with Crippen molar-refractivity contribution in [2.75, 3.05) is 11.5 Å². The standard InChI is InChI=1S/C12H14N2O2S/c13-7-9-1-3-10(4-2-9)12(14)11-5-6-17(15,16)8-11/h1-4,11-12H,5-6,8,14H2. The molecule has 1 aromatic rings. The van der Waals surface area contributed by atoms with E-state index in [-0.39, 0.29) is 23.5 Å². The van der Waals surface area contributed by atoms with Crippen molar-refractivity contribution >= 4 is 9.84 Å². The summed E-state index contributed by atoms with van der Waals surface area (Å²) in [5.41, 5.74) is 7.54. The molecule has 0 radical (unpaired) electrons. The molecule has 0 amide bonds. The van der Waals surface area contributed by atoms with Crippen molar-refractivity contribution < 1.29 is 8.42 Å². The molecule has 5 heteroatoms. The molecule has 1 heterocycles. The minimum atomic E-state index is -2.89. The first-order valence-corrected chi connectivity index (χ1v) is 7.30. The molecule has 1 fully saturated rings. The molecule has 4 nitrogen and oxygen atoms in total. The molecule has 90 valence electrons. The average Bonchev–Trinajstić information content (AvgIpc) is 2.69. The van der Waals surface area contributed by atoms with Gasteiger partial charge in [-0.15, -0.1) is 0 Å². The molecule has 0 aliphatic carbocycles. The van der Waals surface area contributed by atoms with E-state index in [1.54, 1.807) is 24.3 Å². The van der Waals surface area contributed by atoms with Crippen LogP contribution in [0.3, 0.4) is 0 Å². The molecule has 1 aromatic carbocycles. The Bertz CT molecular complexity index is 543. The van der Waals surface area contributed by atoms with Gasteiger partial charge < -0.3 is 5.73 Å². The number of nitrogens with two attached hydrogens (primary N) is 1. The molecule has 0 spiro atoms. The van der Waals surface area contributed by atoms with E-state index in [9.17, 15) is 8.42 Å². The van der Waals surface area contributed by atoms with E-state index in [4.69, 9.17) is 11.0 Å². The summed E-state index contributed by atoms with van der Waals surface area (Å²) in [4.78, 5) is 0. The van der Waals surface area contributed by atoms with E-state index in [0.717, 1.165) is 5.56 Å². The fourth-order valence-electron chi connectivity index (χ4n) is 2.16. The lowest BCUT2D eigenvalue weighted by Crippen LogP contribution is -2.22. The summed E-state index contributed by atoms with van der Waals surface area (Å²) in [7, 11) is -2.89. The number of nitriles is 1. The highest BCUT2D eigenvalue weighted by Gasteiger charge is 2.32. The Hall–Kier alpha value is -1.38. The Balaban J connectivity index is 2.15. The van der Waals surface area contributed by atoms with Crippen LogP contribution < -0.4 is 5.73 Å². The van der Waals surface area contributed by atoms with E-state index < -0.39 is 9.84 Å². The summed E-state index contributed by atoms with van der Waals surface area (Å²) >= 11 is 0. The highest BCUT2D eigenvalue weighted by molar-refractivity contribution is 7.91. The second kappa shape index (κ2) is 4.47. The second-order valence-corrected chi connectivity index (χ2v) is 6.65. The lowest BCUT2D eigenvalue weighted by Gasteiger charge is -2.18. The topological polar surface area (TPSA) is 83.9 Å². The summed E-state index contributed by atoms with van der Waals surface area (Å²) in [6.07, 6.45) is 0.628. The van der Waals surface area contributed by atoms with Gasteiger partial charge in [-0.25, -0.2) is 8.42 Å². The molecule has 2 unspecified atom stereocenters. The van der Waals surface area contributed by atoms with E-state index >= 15 is 0 Å². The highest BCUT2D eigenvalue weighted by atomic mass is 32.2. The van der Waals surface area contributed by atoms with Gasteiger partial charge >= 0.3 is 0 Å². The maximum atomic E-state index is 11.4. The number of nitrogens with zero attached hydrogens (tertiary/aromatic N) is 1. The molecule has 2 rings (SSSR count). The Labute approximate surface area is 101 Å². The van der Waals surface area contributed by atoms with E-state index in [1.807, 2.05) is 6.07 Å². The number of hydrogen-bond acceptors (Lipinski definition) is 4. The molecular weight excluding hydrogens is 236 g/mol. The van der Waals surface area contributed by atoms with Gasteiger partial charge in [0.25, 0.3) is 0 Å². The van der Waals surface area contributed by atoms with Crippen LogP contribution in [0.5, 0.6) is 0 Å².